The van der Waals surface area contributed by atoms with Crippen molar-refractivity contribution >= 4 is 17.7 Å². The summed E-state index contributed by atoms with van der Waals surface area (Å²) in [5, 5.41) is 9.67. The summed E-state index contributed by atoms with van der Waals surface area (Å²) in [5.41, 5.74) is 0. The Bertz CT molecular complexity index is 587. The Morgan fingerprint density at radius 1 is 0.606 bits per heavy atom. The minimum absolute atomic E-state index is 0.0698. The van der Waals surface area contributed by atoms with Gasteiger partial charge in [0.25, 0.3) is 0 Å². The van der Waals surface area contributed by atoms with Crippen LogP contribution in [0.3, 0.4) is 0 Å². The van der Waals surface area contributed by atoms with Crippen molar-refractivity contribution in [3.63, 3.8) is 0 Å². The molecule has 33 heavy (non-hydrogen) atoms. The molecular weight excluding hydrogens is 460 g/mol. The predicted molar refractivity (Wildman–Crippen MR) is 109 cm³/mol. The molecule has 0 aromatic heterocycles. The fraction of sp³-hybridized carbons (Fsp3) is 0.842. The average molecular weight is 493 g/mol. The van der Waals surface area contributed by atoms with Crippen LogP contribution in [0.5, 0.6) is 0 Å². The van der Waals surface area contributed by atoms with Gasteiger partial charge in [-0.25, -0.2) is 0 Å². The molecule has 0 rings (SSSR count). The molecule has 0 aliphatic carbocycles. The van der Waals surface area contributed by atoms with Gasteiger partial charge in [0, 0.05) is 33.1 Å². The van der Waals surface area contributed by atoms with E-state index in [1.807, 2.05) is 0 Å². The van der Waals surface area contributed by atoms with E-state index in [-0.39, 0.29) is 19.0 Å². The van der Waals surface area contributed by atoms with Crippen molar-refractivity contribution in [2.45, 2.75) is 51.4 Å². The standard InChI is InChI=1S/C19H33F6N5O3/c1-15(31)30(14-6-10-27-9-5-12-29-17(33)19(23,24)25)13-3-2-7-26-8-4-11-28-16(32)18(20,21)22/h26-27H,2-14H2,1H3,(H,28,32)(H,29,33). The van der Waals surface area contributed by atoms with Gasteiger partial charge in [0.05, 0.1) is 0 Å². The Kier molecular flexibility index (Phi) is 15.5. The maximum absolute atomic E-state index is 12.0. The molecule has 0 saturated carbocycles. The van der Waals surface area contributed by atoms with Gasteiger partial charge in [-0.2, -0.15) is 26.3 Å². The predicted octanol–water partition coefficient (Wildman–Crippen LogP) is 1.32. The smallest absolute Gasteiger partial charge is 0.348 e. The fourth-order valence-electron chi connectivity index (χ4n) is 2.66. The summed E-state index contributed by atoms with van der Waals surface area (Å²) in [4.78, 5) is 34.6. The van der Waals surface area contributed by atoms with Crippen molar-refractivity contribution in [1.82, 2.24) is 26.2 Å². The van der Waals surface area contributed by atoms with Gasteiger partial charge in [-0.1, -0.05) is 0 Å². The van der Waals surface area contributed by atoms with Gasteiger partial charge in [0.1, 0.15) is 0 Å². The molecule has 0 saturated heterocycles. The number of hydrogen-bond donors (Lipinski definition) is 4. The zero-order chi connectivity index (χ0) is 25.3. The zero-order valence-corrected chi connectivity index (χ0v) is 18.6. The summed E-state index contributed by atoms with van der Waals surface area (Å²) in [5.74, 6) is -3.97. The Balaban J connectivity index is 3.67. The second kappa shape index (κ2) is 16.5. The molecule has 0 spiro atoms. The first-order chi connectivity index (χ1) is 15.4. The Hall–Kier alpha value is -2.09. The lowest BCUT2D eigenvalue weighted by molar-refractivity contribution is -0.173. The first-order valence-corrected chi connectivity index (χ1v) is 10.7. The quantitative estimate of drug-likeness (QED) is 0.181. The van der Waals surface area contributed by atoms with Crippen molar-refractivity contribution in [3.05, 3.63) is 0 Å². The van der Waals surface area contributed by atoms with E-state index in [2.05, 4.69) is 10.6 Å². The second-order valence-corrected chi connectivity index (χ2v) is 7.28. The molecule has 0 fully saturated rings. The SMILES string of the molecule is CC(=O)N(CCCCNCCCNC(=O)C(F)(F)F)CCCNCCCNC(=O)C(F)(F)F. The van der Waals surface area contributed by atoms with Crippen molar-refractivity contribution < 1.29 is 40.7 Å². The molecule has 0 atom stereocenters. The molecule has 194 valence electrons. The third-order valence-electron chi connectivity index (χ3n) is 4.41. The first-order valence-electron chi connectivity index (χ1n) is 10.7. The minimum Gasteiger partial charge on any atom is -0.348 e. The van der Waals surface area contributed by atoms with Crippen LogP contribution in [-0.2, 0) is 14.4 Å². The van der Waals surface area contributed by atoms with E-state index in [4.69, 9.17) is 0 Å². The molecule has 0 aliphatic rings. The average Bonchev–Trinajstić information content (AvgIpc) is 2.70. The van der Waals surface area contributed by atoms with Crippen LogP contribution in [-0.4, -0.2) is 87.3 Å². The zero-order valence-electron chi connectivity index (χ0n) is 18.6. The van der Waals surface area contributed by atoms with E-state index in [9.17, 15) is 40.7 Å². The van der Waals surface area contributed by atoms with Crippen molar-refractivity contribution in [2.24, 2.45) is 0 Å². The molecule has 0 aromatic rings. The van der Waals surface area contributed by atoms with Crippen LogP contribution in [0.1, 0.15) is 39.0 Å². The number of unbranched alkanes of at least 4 members (excludes halogenated alkanes) is 1. The molecule has 0 heterocycles. The van der Waals surface area contributed by atoms with Crippen molar-refractivity contribution in [1.29, 1.82) is 0 Å². The van der Waals surface area contributed by atoms with Gasteiger partial charge < -0.3 is 26.2 Å². The molecular formula is C19H33F6N5O3. The van der Waals surface area contributed by atoms with Crippen LogP contribution >= 0.6 is 0 Å². The highest BCUT2D eigenvalue weighted by Gasteiger charge is 2.38. The first kappa shape index (κ1) is 30.9. The van der Waals surface area contributed by atoms with Gasteiger partial charge >= 0.3 is 24.2 Å². The molecule has 0 bridgehead atoms. The van der Waals surface area contributed by atoms with Crippen molar-refractivity contribution in [2.75, 3.05) is 52.4 Å². The third kappa shape index (κ3) is 17.1. The highest BCUT2D eigenvalue weighted by molar-refractivity contribution is 5.81. The number of amides is 3. The number of nitrogens with zero attached hydrogens (tertiary/aromatic N) is 1. The van der Waals surface area contributed by atoms with E-state index in [0.717, 1.165) is 12.8 Å². The normalized spacial score (nSPS) is 11.8. The lowest BCUT2D eigenvalue weighted by Crippen LogP contribution is -2.38. The maximum atomic E-state index is 12.0. The number of hydrogen-bond acceptors (Lipinski definition) is 5. The molecule has 14 heteroatoms. The highest BCUT2D eigenvalue weighted by Crippen LogP contribution is 2.14. The van der Waals surface area contributed by atoms with Crippen LogP contribution < -0.4 is 21.3 Å². The number of nitrogens with one attached hydrogen (secondary N) is 4. The number of halogens is 6. The Morgan fingerprint density at radius 3 is 1.42 bits per heavy atom. The van der Waals surface area contributed by atoms with Gasteiger partial charge in [0.15, 0.2) is 0 Å². The van der Waals surface area contributed by atoms with Crippen LogP contribution in [0.2, 0.25) is 0 Å². The number of carbonyl (C=O) groups is 3. The molecule has 0 aliphatic heterocycles. The van der Waals surface area contributed by atoms with Crippen LogP contribution in [0.4, 0.5) is 26.3 Å². The summed E-state index contributed by atoms with van der Waals surface area (Å²) in [6.07, 6.45) is -6.87. The lowest BCUT2D eigenvalue weighted by Gasteiger charge is -2.21. The molecule has 0 unspecified atom stereocenters. The molecule has 4 N–H and O–H groups in total. The topological polar surface area (TPSA) is 103 Å². The molecule has 8 nitrogen and oxygen atoms in total. The Morgan fingerprint density at radius 2 is 1.00 bits per heavy atom. The second-order valence-electron chi connectivity index (χ2n) is 7.28. The molecule has 0 aromatic carbocycles. The third-order valence-corrected chi connectivity index (χ3v) is 4.41. The monoisotopic (exact) mass is 493 g/mol. The number of rotatable bonds is 17. The molecule has 0 radical (unpaired) electrons. The van der Waals surface area contributed by atoms with Crippen LogP contribution in [0.15, 0.2) is 0 Å². The summed E-state index contributed by atoms with van der Waals surface area (Å²) in [7, 11) is 0. The van der Waals surface area contributed by atoms with Gasteiger partial charge in [-0.05, 0) is 58.3 Å². The highest BCUT2D eigenvalue weighted by atomic mass is 19.4. The van der Waals surface area contributed by atoms with E-state index < -0.39 is 24.2 Å². The minimum atomic E-state index is -4.88. The number of carbonyl (C=O) groups excluding carboxylic acids is 3. The summed E-state index contributed by atoms with van der Waals surface area (Å²) >= 11 is 0. The van der Waals surface area contributed by atoms with Gasteiger partial charge in [-0.3, -0.25) is 14.4 Å². The summed E-state index contributed by atoms with van der Waals surface area (Å²) in [6.45, 7) is 4.49. The van der Waals surface area contributed by atoms with Gasteiger partial charge in [0.2, 0.25) is 5.91 Å². The van der Waals surface area contributed by atoms with Crippen LogP contribution in [0, 0.1) is 0 Å². The van der Waals surface area contributed by atoms with Crippen LogP contribution in [0.25, 0.3) is 0 Å². The Labute approximate surface area is 189 Å². The van der Waals surface area contributed by atoms with Gasteiger partial charge in [-0.15, -0.1) is 0 Å². The largest absolute Gasteiger partial charge is 0.471 e. The summed E-state index contributed by atoms with van der Waals surface area (Å²) in [6, 6.07) is 0. The van der Waals surface area contributed by atoms with E-state index in [1.54, 1.807) is 15.5 Å². The van der Waals surface area contributed by atoms with E-state index in [1.165, 1.54) is 6.92 Å². The fourth-order valence-corrected chi connectivity index (χ4v) is 2.66. The van der Waals surface area contributed by atoms with Crippen molar-refractivity contribution in [3.8, 4) is 0 Å². The van der Waals surface area contributed by atoms with E-state index >= 15 is 0 Å². The summed E-state index contributed by atoms with van der Waals surface area (Å²) < 4.78 is 72.0. The molecule has 3 amide bonds. The van der Waals surface area contributed by atoms with E-state index in [0.29, 0.717) is 58.5 Å². The lowest BCUT2D eigenvalue weighted by atomic mass is 10.2. The number of alkyl halides is 6. The maximum Gasteiger partial charge on any atom is 0.471 e.